The Balaban J connectivity index is 0.00000338. The zero-order valence-corrected chi connectivity index (χ0v) is 17.8. The van der Waals surface area contributed by atoms with Crippen LogP contribution in [0.25, 0.3) is 0 Å². The van der Waals surface area contributed by atoms with Crippen LogP contribution in [-0.2, 0) is 17.8 Å². The Morgan fingerprint density at radius 3 is 2.50 bits per heavy atom. The number of guanidine groups is 1. The van der Waals surface area contributed by atoms with E-state index in [1.165, 1.54) is 17.0 Å². The van der Waals surface area contributed by atoms with Crippen molar-refractivity contribution >= 4 is 47.2 Å². The average molecular weight is 490 g/mol. The summed E-state index contributed by atoms with van der Waals surface area (Å²) in [5.74, 6) is 0.337. The van der Waals surface area contributed by atoms with E-state index in [1.807, 2.05) is 24.4 Å². The fourth-order valence-electron chi connectivity index (χ4n) is 2.13. The maximum Gasteiger partial charge on any atom is 0.224 e. The molecule has 1 amide bonds. The summed E-state index contributed by atoms with van der Waals surface area (Å²) in [6.45, 7) is 4.47. The van der Waals surface area contributed by atoms with Gasteiger partial charge in [-0.2, -0.15) is 0 Å². The van der Waals surface area contributed by atoms with Gasteiger partial charge in [-0.25, -0.2) is 9.38 Å². The molecule has 2 aromatic rings. The molecule has 26 heavy (non-hydrogen) atoms. The molecule has 0 aliphatic rings. The Bertz CT molecular complexity index is 677. The van der Waals surface area contributed by atoms with Crippen molar-refractivity contribution in [3.8, 4) is 0 Å². The van der Waals surface area contributed by atoms with E-state index >= 15 is 0 Å². The van der Waals surface area contributed by atoms with Crippen LogP contribution in [0.4, 0.5) is 4.39 Å². The van der Waals surface area contributed by atoms with E-state index in [-0.39, 0.29) is 42.1 Å². The Hall–Kier alpha value is -1.68. The van der Waals surface area contributed by atoms with Crippen LogP contribution in [0.15, 0.2) is 46.8 Å². The number of thiophene rings is 1. The molecule has 2 rings (SSSR count). The number of hydrogen-bond donors (Lipinski definition) is 3. The van der Waals surface area contributed by atoms with Crippen LogP contribution in [0.1, 0.15) is 17.4 Å². The van der Waals surface area contributed by atoms with Gasteiger partial charge in [0.2, 0.25) is 5.91 Å². The van der Waals surface area contributed by atoms with Crippen molar-refractivity contribution in [3.05, 3.63) is 58.0 Å². The maximum atomic E-state index is 12.8. The molecule has 0 radical (unpaired) electrons. The smallest absolute Gasteiger partial charge is 0.224 e. The van der Waals surface area contributed by atoms with E-state index in [9.17, 15) is 9.18 Å². The number of hydrogen-bond acceptors (Lipinski definition) is 3. The summed E-state index contributed by atoms with van der Waals surface area (Å²) in [6.07, 6.45) is 0.243. The normalized spacial score (nSPS) is 10.8. The standard InChI is InChI=1S/C18H23FN4OS.HI/c1-2-20-18(23-13-16-4-3-11-25-16)22-10-9-21-17(24)12-14-5-7-15(19)8-6-14;/h3-8,11H,2,9-10,12-13H2,1H3,(H,21,24)(H2,20,22,23);1H. The molecule has 0 saturated heterocycles. The van der Waals surface area contributed by atoms with Crippen molar-refractivity contribution < 1.29 is 9.18 Å². The minimum absolute atomic E-state index is 0. The first-order valence-electron chi connectivity index (χ1n) is 8.23. The van der Waals surface area contributed by atoms with Crippen LogP contribution >= 0.6 is 35.3 Å². The zero-order chi connectivity index (χ0) is 17.9. The number of halogens is 2. The number of aliphatic imine (C=N–C) groups is 1. The van der Waals surface area contributed by atoms with Gasteiger partial charge in [0, 0.05) is 24.5 Å². The highest BCUT2D eigenvalue weighted by Crippen LogP contribution is 2.09. The topological polar surface area (TPSA) is 65.5 Å². The molecule has 0 atom stereocenters. The molecule has 1 aromatic carbocycles. The molecule has 0 bridgehead atoms. The SMILES string of the molecule is CCNC(=NCc1cccs1)NCCNC(=O)Cc1ccc(F)cc1.I. The van der Waals surface area contributed by atoms with E-state index in [1.54, 1.807) is 23.5 Å². The summed E-state index contributed by atoms with van der Waals surface area (Å²) in [5.41, 5.74) is 0.790. The molecule has 0 fully saturated rings. The van der Waals surface area contributed by atoms with Crippen LogP contribution in [0, 0.1) is 5.82 Å². The first-order chi connectivity index (χ1) is 12.2. The molecule has 0 spiro atoms. The zero-order valence-electron chi connectivity index (χ0n) is 14.6. The van der Waals surface area contributed by atoms with Gasteiger partial charge in [0.05, 0.1) is 13.0 Å². The van der Waals surface area contributed by atoms with Gasteiger partial charge < -0.3 is 16.0 Å². The number of amides is 1. The molecular formula is C18H24FIN4OS. The number of carbonyl (C=O) groups is 1. The third-order valence-corrected chi connectivity index (χ3v) is 4.20. The van der Waals surface area contributed by atoms with Gasteiger partial charge in [0.1, 0.15) is 5.82 Å². The fourth-order valence-corrected chi connectivity index (χ4v) is 2.76. The third-order valence-electron chi connectivity index (χ3n) is 3.33. The number of nitrogens with zero attached hydrogens (tertiary/aromatic N) is 1. The van der Waals surface area contributed by atoms with E-state index in [4.69, 9.17) is 0 Å². The number of benzene rings is 1. The van der Waals surface area contributed by atoms with Crippen LogP contribution in [0.5, 0.6) is 0 Å². The Kier molecular flexibility index (Phi) is 10.9. The molecule has 0 aliphatic heterocycles. The highest BCUT2D eigenvalue weighted by Gasteiger charge is 2.03. The van der Waals surface area contributed by atoms with Crippen LogP contribution in [0.3, 0.4) is 0 Å². The summed E-state index contributed by atoms with van der Waals surface area (Å²) in [6, 6.07) is 10.0. The number of rotatable bonds is 8. The molecule has 5 nitrogen and oxygen atoms in total. The maximum absolute atomic E-state index is 12.8. The van der Waals surface area contributed by atoms with Crippen molar-refractivity contribution in [1.82, 2.24) is 16.0 Å². The second-order valence-electron chi connectivity index (χ2n) is 5.35. The molecule has 8 heteroatoms. The predicted molar refractivity (Wildman–Crippen MR) is 116 cm³/mol. The second-order valence-corrected chi connectivity index (χ2v) is 6.39. The Morgan fingerprint density at radius 2 is 1.85 bits per heavy atom. The Labute approximate surface area is 174 Å². The molecule has 1 heterocycles. The summed E-state index contributed by atoms with van der Waals surface area (Å²) >= 11 is 1.67. The largest absolute Gasteiger partial charge is 0.357 e. The minimum Gasteiger partial charge on any atom is -0.357 e. The van der Waals surface area contributed by atoms with Crippen LogP contribution in [-0.4, -0.2) is 31.5 Å². The molecule has 3 N–H and O–H groups in total. The van der Waals surface area contributed by atoms with Crippen molar-refractivity contribution in [2.75, 3.05) is 19.6 Å². The van der Waals surface area contributed by atoms with Gasteiger partial charge in [0.15, 0.2) is 5.96 Å². The second kappa shape index (κ2) is 12.6. The van der Waals surface area contributed by atoms with Gasteiger partial charge >= 0.3 is 0 Å². The predicted octanol–water partition coefficient (Wildman–Crippen LogP) is 2.92. The van der Waals surface area contributed by atoms with Gasteiger partial charge in [-0.15, -0.1) is 35.3 Å². The monoisotopic (exact) mass is 490 g/mol. The molecule has 142 valence electrons. The average Bonchev–Trinajstić information content (AvgIpc) is 3.12. The molecule has 1 aromatic heterocycles. The van der Waals surface area contributed by atoms with E-state index in [0.29, 0.717) is 19.6 Å². The van der Waals surface area contributed by atoms with Gasteiger partial charge in [-0.1, -0.05) is 18.2 Å². The van der Waals surface area contributed by atoms with Gasteiger partial charge in [-0.05, 0) is 36.1 Å². The first-order valence-corrected chi connectivity index (χ1v) is 9.11. The number of nitrogens with one attached hydrogen (secondary N) is 3. The summed E-state index contributed by atoms with van der Waals surface area (Å²) < 4.78 is 12.8. The van der Waals surface area contributed by atoms with Gasteiger partial charge in [-0.3, -0.25) is 4.79 Å². The van der Waals surface area contributed by atoms with Crippen molar-refractivity contribution in [2.24, 2.45) is 4.99 Å². The third kappa shape index (κ3) is 8.61. The molecule has 0 aliphatic carbocycles. The van der Waals surface area contributed by atoms with Crippen molar-refractivity contribution in [1.29, 1.82) is 0 Å². The molecule has 0 unspecified atom stereocenters. The summed E-state index contributed by atoms with van der Waals surface area (Å²) in [7, 11) is 0. The minimum atomic E-state index is -0.300. The quantitative estimate of drug-likeness (QED) is 0.231. The van der Waals surface area contributed by atoms with Gasteiger partial charge in [0.25, 0.3) is 0 Å². The highest BCUT2D eigenvalue weighted by molar-refractivity contribution is 14.0. The van der Waals surface area contributed by atoms with Crippen molar-refractivity contribution in [3.63, 3.8) is 0 Å². The number of carbonyl (C=O) groups excluding carboxylic acids is 1. The molecule has 0 saturated carbocycles. The van der Waals surface area contributed by atoms with Crippen LogP contribution < -0.4 is 16.0 Å². The summed E-state index contributed by atoms with van der Waals surface area (Å²) in [4.78, 5) is 17.6. The lowest BCUT2D eigenvalue weighted by Gasteiger charge is -2.11. The molecular weight excluding hydrogens is 466 g/mol. The summed E-state index contributed by atoms with van der Waals surface area (Å²) in [5, 5.41) is 11.2. The van der Waals surface area contributed by atoms with Crippen LogP contribution in [0.2, 0.25) is 0 Å². The van der Waals surface area contributed by atoms with E-state index in [2.05, 4.69) is 20.9 Å². The lowest BCUT2D eigenvalue weighted by molar-refractivity contribution is -0.120. The van der Waals surface area contributed by atoms with E-state index < -0.39 is 0 Å². The van der Waals surface area contributed by atoms with Crippen molar-refractivity contribution in [2.45, 2.75) is 19.9 Å². The van der Waals surface area contributed by atoms with E-state index in [0.717, 1.165) is 18.1 Å². The lowest BCUT2D eigenvalue weighted by atomic mass is 10.1. The highest BCUT2D eigenvalue weighted by atomic mass is 127. The first kappa shape index (κ1) is 22.4. The Morgan fingerprint density at radius 1 is 1.12 bits per heavy atom. The fraction of sp³-hybridized carbons (Fsp3) is 0.333. The lowest BCUT2D eigenvalue weighted by Crippen LogP contribution is -2.41.